The van der Waals surface area contributed by atoms with Gasteiger partial charge in [0, 0.05) is 19.3 Å². The van der Waals surface area contributed by atoms with Gasteiger partial charge in [0.1, 0.15) is 13.2 Å². The predicted molar refractivity (Wildman–Crippen MR) is 197 cm³/mol. The third-order valence-electron chi connectivity index (χ3n) is 9.11. The molecule has 0 N–H and O–H groups in total. The number of ether oxygens (including phenoxy) is 3. The summed E-state index contributed by atoms with van der Waals surface area (Å²) in [4.78, 5) is 37.1. The molecule has 0 aliphatic rings. The van der Waals surface area contributed by atoms with Gasteiger partial charge in [0.05, 0.1) is 0 Å². The van der Waals surface area contributed by atoms with E-state index in [0.717, 1.165) is 57.8 Å². The molecule has 6 heteroatoms. The first-order valence-electron chi connectivity index (χ1n) is 20.5. The average molecular weight is 667 g/mol. The van der Waals surface area contributed by atoms with Gasteiger partial charge in [-0.05, 0) is 19.3 Å². The number of esters is 3. The van der Waals surface area contributed by atoms with Crippen LogP contribution in [0.2, 0.25) is 0 Å². The van der Waals surface area contributed by atoms with Gasteiger partial charge in [-0.15, -0.1) is 0 Å². The van der Waals surface area contributed by atoms with Crippen molar-refractivity contribution in [2.75, 3.05) is 13.2 Å². The second kappa shape index (κ2) is 37.2. The zero-order chi connectivity index (χ0) is 34.5. The molecule has 0 saturated carbocycles. The molecule has 47 heavy (non-hydrogen) atoms. The Kier molecular flexibility index (Phi) is 36.0. The number of carbonyl (C=O) groups excluding carboxylic acids is 3. The molecule has 0 unspecified atom stereocenters. The van der Waals surface area contributed by atoms with Crippen LogP contribution >= 0.6 is 0 Å². The fourth-order valence-corrected chi connectivity index (χ4v) is 5.97. The second-order valence-electron chi connectivity index (χ2n) is 13.9. The Balaban J connectivity index is 4.06. The zero-order valence-corrected chi connectivity index (χ0v) is 31.6. The van der Waals surface area contributed by atoms with Gasteiger partial charge in [-0.1, -0.05) is 188 Å². The third kappa shape index (κ3) is 35.5. The van der Waals surface area contributed by atoms with E-state index in [0.29, 0.717) is 19.3 Å². The first-order chi connectivity index (χ1) is 23.0. The Hall–Kier alpha value is -1.59. The van der Waals surface area contributed by atoms with Crippen molar-refractivity contribution in [1.29, 1.82) is 0 Å². The molecule has 0 aromatic carbocycles. The quantitative estimate of drug-likeness (QED) is 0.0373. The fourth-order valence-electron chi connectivity index (χ4n) is 5.97. The van der Waals surface area contributed by atoms with E-state index in [1.165, 1.54) is 128 Å². The summed E-state index contributed by atoms with van der Waals surface area (Å²) < 4.78 is 16.4. The van der Waals surface area contributed by atoms with Crippen molar-refractivity contribution in [3.05, 3.63) is 0 Å². The van der Waals surface area contributed by atoms with Crippen molar-refractivity contribution in [3.63, 3.8) is 0 Å². The lowest BCUT2D eigenvalue weighted by Gasteiger charge is -2.18. The maximum Gasteiger partial charge on any atom is 0.306 e. The van der Waals surface area contributed by atoms with Gasteiger partial charge in [0.15, 0.2) is 6.10 Å². The molecule has 0 radical (unpaired) electrons. The molecular weight excluding hydrogens is 588 g/mol. The molecule has 0 atom stereocenters. The van der Waals surface area contributed by atoms with Crippen molar-refractivity contribution in [2.24, 2.45) is 0 Å². The van der Waals surface area contributed by atoms with Gasteiger partial charge in [-0.3, -0.25) is 14.4 Å². The highest BCUT2D eigenvalue weighted by Crippen LogP contribution is 2.15. The summed E-state index contributed by atoms with van der Waals surface area (Å²) in [5, 5.41) is 0. The van der Waals surface area contributed by atoms with Gasteiger partial charge < -0.3 is 14.2 Å². The van der Waals surface area contributed by atoms with Gasteiger partial charge >= 0.3 is 17.9 Å². The van der Waals surface area contributed by atoms with Crippen LogP contribution in [0.3, 0.4) is 0 Å². The SMILES string of the molecule is CCCCCCCCCCCCCCCC(=O)OCC(COC(=O)CCCCCCCCCCCCCCC)OC(=O)CCCCC. The van der Waals surface area contributed by atoms with Crippen LogP contribution in [-0.2, 0) is 28.6 Å². The summed E-state index contributed by atoms with van der Waals surface area (Å²) in [6.07, 6.45) is 35.8. The normalized spacial score (nSPS) is 11.2. The van der Waals surface area contributed by atoms with Gasteiger partial charge in [0.2, 0.25) is 0 Å². The highest BCUT2D eigenvalue weighted by molar-refractivity contribution is 5.71. The molecular formula is C41H78O6. The molecule has 0 heterocycles. The van der Waals surface area contributed by atoms with E-state index >= 15 is 0 Å². The predicted octanol–water partition coefficient (Wildman–Crippen LogP) is 12.5. The average Bonchev–Trinajstić information content (AvgIpc) is 3.06. The first kappa shape index (κ1) is 45.4. The van der Waals surface area contributed by atoms with E-state index in [-0.39, 0.29) is 31.1 Å². The standard InChI is InChI=1S/C41H78O6/c1-4-7-10-12-14-16-18-20-22-24-26-28-31-33-39(42)45-36-38(47-41(44)35-30-9-6-3)37-46-40(43)34-32-29-27-25-23-21-19-17-15-13-11-8-5-2/h38H,4-37H2,1-3H3. The van der Waals surface area contributed by atoms with Crippen LogP contribution < -0.4 is 0 Å². The molecule has 0 aromatic rings. The van der Waals surface area contributed by atoms with Crippen LogP contribution in [0.15, 0.2) is 0 Å². The number of carbonyl (C=O) groups is 3. The molecule has 0 rings (SSSR count). The molecule has 278 valence electrons. The lowest BCUT2D eigenvalue weighted by molar-refractivity contribution is -0.167. The van der Waals surface area contributed by atoms with E-state index in [1.807, 2.05) is 0 Å². The summed E-state index contributed by atoms with van der Waals surface area (Å²) in [7, 11) is 0. The Morgan fingerprint density at radius 1 is 0.340 bits per heavy atom. The van der Waals surface area contributed by atoms with Crippen molar-refractivity contribution < 1.29 is 28.6 Å². The molecule has 0 aliphatic heterocycles. The largest absolute Gasteiger partial charge is 0.462 e. The molecule has 0 fully saturated rings. The van der Waals surface area contributed by atoms with Crippen LogP contribution in [-0.4, -0.2) is 37.2 Å². The number of unbranched alkanes of at least 4 members (excludes halogenated alkanes) is 26. The third-order valence-corrected chi connectivity index (χ3v) is 9.11. The highest BCUT2D eigenvalue weighted by Gasteiger charge is 2.19. The molecule has 0 aliphatic carbocycles. The molecule has 0 saturated heterocycles. The molecule has 0 amide bonds. The Bertz CT molecular complexity index is 647. The summed E-state index contributed by atoms with van der Waals surface area (Å²) in [6.45, 7) is 6.47. The van der Waals surface area contributed by atoms with Crippen molar-refractivity contribution >= 4 is 17.9 Å². The van der Waals surface area contributed by atoms with Gasteiger partial charge in [-0.25, -0.2) is 0 Å². The molecule has 0 spiro atoms. The Labute approximate surface area is 291 Å². The van der Waals surface area contributed by atoms with Crippen LogP contribution in [0, 0.1) is 0 Å². The van der Waals surface area contributed by atoms with Crippen molar-refractivity contribution in [2.45, 2.75) is 232 Å². The van der Waals surface area contributed by atoms with Gasteiger partial charge in [0.25, 0.3) is 0 Å². The van der Waals surface area contributed by atoms with Gasteiger partial charge in [-0.2, -0.15) is 0 Å². The summed E-state index contributed by atoms with van der Waals surface area (Å²) in [6, 6.07) is 0. The number of hydrogen-bond donors (Lipinski definition) is 0. The fraction of sp³-hybridized carbons (Fsp3) is 0.927. The van der Waals surface area contributed by atoms with Crippen LogP contribution in [0.4, 0.5) is 0 Å². The number of hydrogen-bond acceptors (Lipinski definition) is 6. The topological polar surface area (TPSA) is 78.9 Å². The van der Waals surface area contributed by atoms with Crippen LogP contribution in [0.25, 0.3) is 0 Å². The van der Waals surface area contributed by atoms with E-state index in [1.54, 1.807) is 0 Å². The lowest BCUT2D eigenvalue weighted by atomic mass is 10.0. The number of rotatable bonds is 37. The molecule has 0 aromatic heterocycles. The van der Waals surface area contributed by atoms with E-state index in [4.69, 9.17) is 14.2 Å². The minimum atomic E-state index is -0.754. The molecule has 0 bridgehead atoms. The maximum atomic E-state index is 12.4. The lowest BCUT2D eigenvalue weighted by Crippen LogP contribution is -2.30. The van der Waals surface area contributed by atoms with E-state index in [2.05, 4.69) is 20.8 Å². The molecule has 6 nitrogen and oxygen atoms in total. The Morgan fingerprint density at radius 3 is 0.894 bits per heavy atom. The summed E-state index contributed by atoms with van der Waals surface area (Å²) >= 11 is 0. The van der Waals surface area contributed by atoms with Crippen LogP contribution in [0.1, 0.15) is 226 Å². The van der Waals surface area contributed by atoms with E-state index in [9.17, 15) is 14.4 Å². The summed E-state index contributed by atoms with van der Waals surface area (Å²) in [5.74, 6) is -0.889. The summed E-state index contributed by atoms with van der Waals surface area (Å²) in [5.41, 5.74) is 0. The Morgan fingerprint density at radius 2 is 0.574 bits per heavy atom. The highest BCUT2D eigenvalue weighted by atomic mass is 16.6. The second-order valence-corrected chi connectivity index (χ2v) is 13.9. The van der Waals surface area contributed by atoms with Crippen molar-refractivity contribution in [1.82, 2.24) is 0 Å². The monoisotopic (exact) mass is 667 g/mol. The zero-order valence-electron chi connectivity index (χ0n) is 31.6. The van der Waals surface area contributed by atoms with Crippen molar-refractivity contribution in [3.8, 4) is 0 Å². The first-order valence-corrected chi connectivity index (χ1v) is 20.5. The minimum Gasteiger partial charge on any atom is -0.462 e. The van der Waals surface area contributed by atoms with Crippen LogP contribution in [0.5, 0.6) is 0 Å². The maximum absolute atomic E-state index is 12.4. The van der Waals surface area contributed by atoms with E-state index < -0.39 is 6.10 Å². The smallest absolute Gasteiger partial charge is 0.306 e. The minimum absolute atomic E-state index is 0.0667.